The summed E-state index contributed by atoms with van der Waals surface area (Å²) in [4.78, 5) is 32.5. The number of piperazine rings is 1. The van der Waals surface area contributed by atoms with Gasteiger partial charge in [-0.25, -0.2) is 4.79 Å². The van der Waals surface area contributed by atoms with E-state index in [-0.39, 0.29) is 12.0 Å². The topological polar surface area (TPSA) is 115 Å². The maximum atomic E-state index is 12.3. The van der Waals surface area contributed by atoms with Gasteiger partial charge in [-0.05, 0) is 39.0 Å². The number of primary amides is 1. The van der Waals surface area contributed by atoms with Crippen molar-refractivity contribution in [3.63, 3.8) is 0 Å². The van der Waals surface area contributed by atoms with Crippen LogP contribution in [0.25, 0.3) is 11.5 Å². The summed E-state index contributed by atoms with van der Waals surface area (Å²) in [5.41, 5.74) is 6.85. The zero-order chi connectivity index (χ0) is 22.1. The summed E-state index contributed by atoms with van der Waals surface area (Å²) in [6, 6.07) is 5.34. The van der Waals surface area contributed by atoms with Crippen molar-refractivity contribution in [3.8, 4) is 11.5 Å². The van der Waals surface area contributed by atoms with Crippen LogP contribution in [-0.4, -0.2) is 58.8 Å². The molecule has 0 saturated carbocycles. The molecule has 0 atom stereocenters. The quantitative estimate of drug-likeness (QED) is 0.816. The molecule has 2 aromatic rings. The second kappa shape index (κ2) is 8.33. The van der Waals surface area contributed by atoms with Crippen LogP contribution in [-0.2, 0) is 4.74 Å². The van der Waals surface area contributed by atoms with Crippen molar-refractivity contribution in [2.75, 3.05) is 31.1 Å². The third-order valence-electron chi connectivity index (χ3n) is 4.74. The average molecular weight is 415 g/mol. The van der Waals surface area contributed by atoms with E-state index in [0.717, 1.165) is 5.69 Å². The highest BCUT2D eigenvalue weighted by Crippen LogP contribution is 2.28. The largest absolute Gasteiger partial charge is 0.444 e. The molecule has 0 radical (unpaired) electrons. The van der Waals surface area contributed by atoms with Gasteiger partial charge in [-0.2, -0.15) is 4.98 Å². The molecule has 1 aliphatic rings. The van der Waals surface area contributed by atoms with Crippen LogP contribution in [0, 0.1) is 0 Å². The van der Waals surface area contributed by atoms with Gasteiger partial charge in [-0.15, -0.1) is 0 Å². The van der Waals surface area contributed by atoms with Crippen LogP contribution in [0.4, 0.5) is 10.5 Å². The van der Waals surface area contributed by atoms with Gasteiger partial charge in [0.2, 0.25) is 0 Å². The third-order valence-corrected chi connectivity index (χ3v) is 4.74. The predicted octanol–water partition coefficient (Wildman–Crippen LogP) is 3.02. The van der Waals surface area contributed by atoms with E-state index in [9.17, 15) is 9.59 Å². The fourth-order valence-corrected chi connectivity index (χ4v) is 3.19. The number of nitrogens with zero attached hydrogens (tertiary/aromatic N) is 4. The number of ether oxygens (including phenoxy) is 1. The van der Waals surface area contributed by atoms with E-state index in [2.05, 4.69) is 10.1 Å². The van der Waals surface area contributed by atoms with Gasteiger partial charge < -0.3 is 24.8 Å². The minimum Gasteiger partial charge on any atom is -0.444 e. The lowest BCUT2D eigenvalue weighted by atomic mass is 10.1. The van der Waals surface area contributed by atoms with Crippen molar-refractivity contribution < 1.29 is 18.8 Å². The van der Waals surface area contributed by atoms with Gasteiger partial charge in [-0.1, -0.05) is 19.0 Å². The van der Waals surface area contributed by atoms with Crippen molar-refractivity contribution >= 4 is 17.7 Å². The number of benzene rings is 1. The standard InChI is InChI=1S/C21H29N5O4/c1-13(2)18-23-19(30-24-18)14-6-7-16(15(12-14)17(22)27)25-8-10-26(11-9-25)20(28)29-21(3,4)5/h6-7,12-13H,8-11H2,1-5H3,(H2,22,27). The highest BCUT2D eigenvalue weighted by atomic mass is 16.6. The van der Waals surface area contributed by atoms with Crippen molar-refractivity contribution in [1.29, 1.82) is 0 Å². The fourth-order valence-electron chi connectivity index (χ4n) is 3.19. The summed E-state index contributed by atoms with van der Waals surface area (Å²) in [5.74, 6) is 0.555. The molecule has 0 spiro atoms. The van der Waals surface area contributed by atoms with E-state index in [4.69, 9.17) is 15.0 Å². The molecule has 2 amide bonds. The zero-order valence-electron chi connectivity index (χ0n) is 18.1. The smallest absolute Gasteiger partial charge is 0.410 e. The van der Waals surface area contributed by atoms with Crippen LogP contribution in [0.2, 0.25) is 0 Å². The number of carbonyl (C=O) groups excluding carboxylic acids is 2. The first kappa shape index (κ1) is 21.6. The molecule has 0 bridgehead atoms. The summed E-state index contributed by atoms with van der Waals surface area (Å²) >= 11 is 0. The number of hydrogen-bond acceptors (Lipinski definition) is 7. The summed E-state index contributed by atoms with van der Waals surface area (Å²) in [6.45, 7) is 11.6. The van der Waals surface area contributed by atoms with Gasteiger partial charge in [0, 0.05) is 43.3 Å². The normalized spacial score (nSPS) is 14.9. The lowest BCUT2D eigenvalue weighted by Gasteiger charge is -2.37. The van der Waals surface area contributed by atoms with Gasteiger partial charge in [0.15, 0.2) is 5.82 Å². The maximum Gasteiger partial charge on any atom is 0.410 e. The first-order valence-corrected chi connectivity index (χ1v) is 10.1. The highest BCUT2D eigenvalue weighted by Gasteiger charge is 2.27. The van der Waals surface area contributed by atoms with Crippen LogP contribution >= 0.6 is 0 Å². The molecular formula is C21H29N5O4. The predicted molar refractivity (Wildman–Crippen MR) is 112 cm³/mol. The molecular weight excluding hydrogens is 386 g/mol. The number of carbonyl (C=O) groups is 2. The van der Waals surface area contributed by atoms with Crippen LogP contribution in [0.3, 0.4) is 0 Å². The Hall–Kier alpha value is -3.10. The summed E-state index contributed by atoms with van der Waals surface area (Å²) in [5, 5.41) is 3.97. The molecule has 2 N–H and O–H groups in total. The average Bonchev–Trinajstić information content (AvgIpc) is 3.17. The fraction of sp³-hybridized carbons (Fsp3) is 0.524. The second-order valence-corrected chi connectivity index (χ2v) is 8.66. The van der Waals surface area contributed by atoms with Crippen LogP contribution in [0.15, 0.2) is 22.7 Å². The lowest BCUT2D eigenvalue weighted by Crippen LogP contribution is -2.50. The Kier molecular flexibility index (Phi) is 6.00. The lowest BCUT2D eigenvalue weighted by molar-refractivity contribution is 0.0240. The van der Waals surface area contributed by atoms with E-state index in [1.807, 2.05) is 51.7 Å². The molecule has 1 saturated heterocycles. The minimum atomic E-state index is -0.537. The second-order valence-electron chi connectivity index (χ2n) is 8.66. The Morgan fingerprint density at radius 2 is 1.83 bits per heavy atom. The molecule has 3 rings (SSSR count). The molecule has 162 valence electrons. The zero-order valence-corrected chi connectivity index (χ0v) is 18.1. The minimum absolute atomic E-state index is 0.138. The third kappa shape index (κ3) is 4.90. The number of nitrogens with two attached hydrogens (primary N) is 1. The maximum absolute atomic E-state index is 12.3. The first-order chi connectivity index (χ1) is 14.0. The van der Waals surface area contributed by atoms with E-state index < -0.39 is 11.5 Å². The molecule has 1 aromatic heterocycles. The Morgan fingerprint density at radius 3 is 2.37 bits per heavy atom. The number of amides is 2. The van der Waals surface area contributed by atoms with Crippen molar-refractivity contribution in [2.45, 2.75) is 46.1 Å². The Morgan fingerprint density at radius 1 is 1.17 bits per heavy atom. The number of aromatic nitrogens is 2. The molecule has 9 nitrogen and oxygen atoms in total. The Bertz CT molecular complexity index is 924. The number of rotatable bonds is 4. The molecule has 0 unspecified atom stereocenters. The van der Waals surface area contributed by atoms with Crippen molar-refractivity contribution in [3.05, 3.63) is 29.6 Å². The number of anilines is 1. The van der Waals surface area contributed by atoms with E-state index in [1.54, 1.807) is 11.0 Å². The monoisotopic (exact) mass is 415 g/mol. The van der Waals surface area contributed by atoms with Crippen LogP contribution < -0.4 is 10.6 Å². The van der Waals surface area contributed by atoms with Gasteiger partial charge in [-0.3, -0.25) is 4.79 Å². The van der Waals surface area contributed by atoms with Gasteiger partial charge in [0.25, 0.3) is 11.8 Å². The van der Waals surface area contributed by atoms with Crippen LogP contribution in [0.1, 0.15) is 56.7 Å². The Labute approximate surface area is 176 Å². The van der Waals surface area contributed by atoms with E-state index in [0.29, 0.717) is 49.0 Å². The molecule has 1 aliphatic heterocycles. The SMILES string of the molecule is CC(C)c1noc(-c2ccc(N3CCN(C(=O)OC(C)(C)C)CC3)c(C(N)=O)c2)n1. The molecule has 0 aliphatic carbocycles. The first-order valence-electron chi connectivity index (χ1n) is 10.1. The summed E-state index contributed by atoms with van der Waals surface area (Å²) < 4.78 is 10.8. The van der Waals surface area contributed by atoms with Crippen molar-refractivity contribution in [1.82, 2.24) is 15.0 Å². The van der Waals surface area contributed by atoms with Gasteiger partial charge >= 0.3 is 6.09 Å². The molecule has 9 heteroatoms. The molecule has 30 heavy (non-hydrogen) atoms. The van der Waals surface area contributed by atoms with Crippen LogP contribution in [0.5, 0.6) is 0 Å². The summed E-state index contributed by atoms with van der Waals surface area (Å²) in [6.07, 6.45) is -0.329. The molecule has 2 heterocycles. The highest BCUT2D eigenvalue weighted by molar-refractivity contribution is 6.00. The molecule has 1 fully saturated rings. The van der Waals surface area contributed by atoms with Crippen molar-refractivity contribution in [2.24, 2.45) is 5.73 Å². The number of hydrogen-bond donors (Lipinski definition) is 1. The van der Waals surface area contributed by atoms with E-state index >= 15 is 0 Å². The van der Waals surface area contributed by atoms with Gasteiger partial charge in [0.1, 0.15) is 5.60 Å². The Balaban J connectivity index is 1.76. The van der Waals surface area contributed by atoms with E-state index in [1.165, 1.54) is 0 Å². The summed E-state index contributed by atoms with van der Waals surface area (Å²) in [7, 11) is 0. The molecule has 1 aromatic carbocycles. The van der Waals surface area contributed by atoms with Gasteiger partial charge in [0.05, 0.1) is 5.56 Å².